The van der Waals surface area contributed by atoms with E-state index in [1.54, 1.807) is 6.20 Å². The normalized spacial score (nSPS) is 16.1. The van der Waals surface area contributed by atoms with Crippen LogP contribution in [0, 0.1) is 0 Å². The Hall–Kier alpha value is -1.68. The molecule has 3 rings (SSSR count). The third kappa shape index (κ3) is 1.82. The molecular formula is C14H13NO2S. The van der Waals surface area contributed by atoms with Crippen molar-refractivity contribution in [1.29, 1.82) is 0 Å². The van der Waals surface area contributed by atoms with Gasteiger partial charge in [-0.15, -0.1) is 11.3 Å². The van der Waals surface area contributed by atoms with E-state index in [1.165, 1.54) is 16.9 Å². The highest BCUT2D eigenvalue weighted by molar-refractivity contribution is 7.16. The van der Waals surface area contributed by atoms with Gasteiger partial charge in [-0.2, -0.15) is 0 Å². The van der Waals surface area contributed by atoms with E-state index >= 15 is 0 Å². The van der Waals surface area contributed by atoms with Gasteiger partial charge < -0.3 is 4.74 Å². The molecule has 92 valence electrons. The molecular weight excluding hydrogens is 246 g/mol. The molecule has 2 heterocycles. The van der Waals surface area contributed by atoms with E-state index in [4.69, 9.17) is 4.74 Å². The fourth-order valence-electron chi connectivity index (χ4n) is 2.25. The minimum atomic E-state index is -0.164. The first-order chi connectivity index (χ1) is 8.59. The average Bonchev–Trinajstić information content (AvgIpc) is 2.89. The summed E-state index contributed by atoms with van der Waals surface area (Å²) in [5.41, 5.74) is 2.03. The highest BCUT2D eigenvalue weighted by Crippen LogP contribution is 2.42. The molecule has 0 bridgehead atoms. The van der Waals surface area contributed by atoms with Crippen LogP contribution in [-0.2, 0) is 6.42 Å². The predicted octanol–water partition coefficient (Wildman–Crippen LogP) is 3.34. The number of carbonyl (C=O) groups excluding carboxylic acids is 1. The Labute approximate surface area is 109 Å². The molecule has 3 nitrogen and oxygen atoms in total. The number of fused-ring (bicyclic) bond motifs is 1. The van der Waals surface area contributed by atoms with Gasteiger partial charge in [-0.3, -0.25) is 4.79 Å². The number of benzene rings is 1. The van der Waals surface area contributed by atoms with Crippen molar-refractivity contribution in [2.75, 3.05) is 0 Å². The van der Waals surface area contributed by atoms with Crippen LogP contribution in [0.15, 0.2) is 24.4 Å². The third-order valence-corrected chi connectivity index (χ3v) is 3.92. The van der Waals surface area contributed by atoms with Gasteiger partial charge in [0.1, 0.15) is 16.4 Å². The average molecular weight is 259 g/mol. The SMILES string of the molecule is CC1(C)Cc2cccc(-c3ncc(C=O)s3)c2O1. The minimum absolute atomic E-state index is 0.164. The Kier molecular flexibility index (Phi) is 2.48. The largest absolute Gasteiger partial charge is 0.486 e. The molecule has 4 heteroatoms. The van der Waals surface area contributed by atoms with Crippen molar-refractivity contribution in [3.05, 3.63) is 34.8 Å². The van der Waals surface area contributed by atoms with E-state index in [0.717, 1.165) is 29.0 Å². The summed E-state index contributed by atoms with van der Waals surface area (Å²) in [7, 11) is 0. The van der Waals surface area contributed by atoms with Crippen LogP contribution >= 0.6 is 11.3 Å². The number of nitrogens with zero attached hydrogens (tertiary/aromatic N) is 1. The fourth-order valence-corrected chi connectivity index (χ4v) is 3.00. The summed E-state index contributed by atoms with van der Waals surface area (Å²) >= 11 is 1.39. The number of para-hydroxylation sites is 1. The molecule has 0 saturated heterocycles. The molecule has 0 saturated carbocycles. The summed E-state index contributed by atoms with van der Waals surface area (Å²) in [6.07, 6.45) is 3.34. The quantitative estimate of drug-likeness (QED) is 0.776. The van der Waals surface area contributed by atoms with Gasteiger partial charge >= 0.3 is 0 Å². The monoisotopic (exact) mass is 259 g/mol. The molecule has 0 N–H and O–H groups in total. The number of hydrogen-bond acceptors (Lipinski definition) is 4. The van der Waals surface area contributed by atoms with Gasteiger partial charge in [0.2, 0.25) is 0 Å². The van der Waals surface area contributed by atoms with Gasteiger partial charge in [0.25, 0.3) is 0 Å². The van der Waals surface area contributed by atoms with E-state index in [2.05, 4.69) is 24.9 Å². The van der Waals surface area contributed by atoms with E-state index in [9.17, 15) is 4.79 Å². The highest BCUT2D eigenvalue weighted by Gasteiger charge is 2.32. The van der Waals surface area contributed by atoms with Crippen LogP contribution < -0.4 is 4.74 Å². The summed E-state index contributed by atoms with van der Waals surface area (Å²) in [6, 6.07) is 6.09. The second-order valence-corrected chi connectivity index (χ2v) is 6.08. The van der Waals surface area contributed by atoms with Gasteiger partial charge in [-0.05, 0) is 25.5 Å². The Bertz CT molecular complexity index is 616. The summed E-state index contributed by atoms with van der Waals surface area (Å²) in [6.45, 7) is 4.16. The molecule has 0 spiro atoms. The first-order valence-corrected chi connectivity index (χ1v) is 6.63. The van der Waals surface area contributed by atoms with E-state index < -0.39 is 0 Å². The molecule has 2 aromatic rings. The molecule has 1 aromatic carbocycles. The second-order valence-electron chi connectivity index (χ2n) is 5.02. The molecule has 1 aliphatic heterocycles. The van der Waals surface area contributed by atoms with E-state index in [0.29, 0.717) is 4.88 Å². The zero-order chi connectivity index (χ0) is 12.8. The van der Waals surface area contributed by atoms with Crippen LogP contribution in [-0.4, -0.2) is 16.9 Å². The number of thiazole rings is 1. The highest BCUT2D eigenvalue weighted by atomic mass is 32.1. The topological polar surface area (TPSA) is 39.2 Å². The van der Waals surface area contributed by atoms with Gasteiger partial charge in [0, 0.05) is 12.6 Å². The third-order valence-electron chi connectivity index (χ3n) is 2.96. The lowest BCUT2D eigenvalue weighted by molar-refractivity contribution is 0.112. The standard InChI is InChI=1S/C14H13NO2S/c1-14(2)6-9-4-3-5-11(12(9)17-14)13-15-7-10(8-16)18-13/h3-5,7-8H,6H2,1-2H3. The van der Waals surface area contributed by atoms with Crippen molar-refractivity contribution >= 4 is 17.6 Å². The maximum atomic E-state index is 10.7. The van der Waals surface area contributed by atoms with Crippen molar-refractivity contribution in [2.45, 2.75) is 25.9 Å². The minimum Gasteiger partial charge on any atom is -0.486 e. The molecule has 1 aromatic heterocycles. The summed E-state index contributed by atoms with van der Waals surface area (Å²) < 4.78 is 6.00. The number of ether oxygens (including phenoxy) is 1. The smallest absolute Gasteiger partial charge is 0.161 e. The summed E-state index contributed by atoms with van der Waals surface area (Å²) in [4.78, 5) is 15.7. The van der Waals surface area contributed by atoms with Crippen LogP contribution in [0.3, 0.4) is 0 Å². The first kappa shape index (κ1) is 11.4. The summed E-state index contributed by atoms with van der Waals surface area (Å²) in [5, 5.41) is 0.839. The number of rotatable bonds is 2. The molecule has 1 aliphatic rings. The Morgan fingerprint density at radius 2 is 2.28 bits per heavy atom. The molecule has 0 radical (unpaired) electrons. The Balaban J connectivity index is 2.10. The molecule has 0 unspecified atom stereocenters. The van der Waals surface area contributed by atoms with Gasteiger partial charge in [0.15, 0.2) is 6.29 Å². The molecule has 18 heavy (non-hydrogen) atoms. The van der Waals surface area contributed by atoms with Crippen LogP contribution in [0.4, 0.5) is 0 Å². The zero-order valence-corrected chi connectivity index (χ0v) is 11.1. The molecule has 0 fully saturated rings. The maximum Gasteiger partial charge on any atom is 0.161 e. The van der Waals surface area contributed by atoms with Crippen molar-refractivity contribution in [2.24, 2.45) is 0 Å². The van der Waals surface area contributed by atoms with Gasteiger partial charge in [-0.1, -0.05) is 12.1 Å². The first-order valence-electron chi connectivity index (χ1n) is 5.81. The lowest BCUT2D eigenvalue weighted by atomic mass is 10.0. The fraction of sp³-hybridized carbons (Fsp3) is 0.286. The van der Waals surface area contributed by atoms with Crippen molar-refractivity contribution < 1.29 is 9.53 Å². The van der Waals surface area contributed by atoms with Crippen molar-refractivity contribution in [3.63, 3.8) is 0 Å². The van der Waals surface area contributed by atoms with Crippen LogP contribution in [0.2, 0.25) is 0 Å². The number of aromatic nitrogens is 1. The molecule has 0 atom stereocenters. The summed E-state index contributed by atoms with van der Waals surface area (Å²) in [5.74, 6) is 0.911. The lowest BCUT2D eigenvalue weighted by Gasteiger charge is -2.17. The molecule has 0 amide bonds. The van der Waals surface area contributed by atoms with Gasteiger partial charge in [-0.25, -0.2) is 4.98 Å². The van der Waals surface area contributed by atoms with Crippen LogP contribution in [0.25, 0.3) is 10.6 Å². The zero-order valence-electron chi connectivity index (χ0n) is 10.3. The number of aldehydes is 1. The van der Waals surface area contributed by atoms with Crippen molar-refractivity contribution in [3.8, 4) is 16.3 Å². The Morgan fingerprint density at radius 1 is 1.44 bits per heavy atom. The molecule has 0 aliphatic carbocycles. The van der Waals surface area contributed by atoms with E-state index in [-0.39, 0.29) is 5.60 Å². The van der Waals surface area contributed by atoms with Crippen LogP contribution in [0.1, 0.15) is 29.1 Å². The Morgan fingerprint density at radius 3 is 3.00 bits per heavy atom. The predicted molar refractivity (Wildman–Crippen MR) is 71.3 cm³/mol. The van der Waals surface area contributed by atoms with Crippen molar-refractivity contribution in [1.82, 2.24) is 4.98 Å². The lowest BCUT2D eigenvalue weighted by Crippen LogP contribution is -2.24. The van der Waals surface area contributed by atoms with Gasteiger partial charge in [0.05, 0.1) is 10.4 Å². The van der Waals surface area contributed by atoms with E-state index in [1.807, 2.05) is 12.1 Å². The number of hydrogen-bond donors (Lipinski definition) is 0. The second kappa shape index (κ2) is 3.92. The van der Waals surface area contributed by atoms with Crippen LogP contribution in [0.5, 0.6) is 5.75 Å². The number of carbonyl (C=O) groups is 1. The maximum absolute atomic E-state index is 10.7.